The zero-order valence-corrected chi connectivity index (χ0v) is 15.4. The van der Waals surface area contributed by atoms with Crippen molar-refractivity contribution in [3.8, 4) is 0 Å². The third kappa shape index (κ3) is 3.33. The second-order valence-electron chi connectivity index (χ2n) is 7.59. The molecule has 26 heavy (non-hydrogen) atoms. The van der Waals surface area contributed by atoms with Gasteiger partial charge in [-0.15, -0.1) is 0 Å². The van der Waals surface area contributed by atoms with Crippen molar-refractivity contribution in [2.24, 2.45) is 0 Å². The molecule has 2 heterocycles. The summed E-state index contributed by atoms with van der Waals surface area (Å²) in [5.74, 6) is 0.785. The Balaban J connectivity index is 1.62. The number of carbonyl (C=O) groups excluding carboxylic acids is 1. The van der Waals surface area contributed by atoms with Crippen molar-refractivity contribution in [1.29, 1.82) is 0 Å². The maximum Gasteiger partial charge on any atom is 0.255 e. The largest absolute Gasteiger partial charge is 0.349 e. The lowest BCUT2D eigenvalue weighted by atomic mass is 10.1. The van der Waals surface area contributed by atoms with Gasteiger partial charge in [-0.05, 0) is 49.9 Å². The number of para-hydroxylation sites is 1. The van der Waals surface area contributed by atoms with Gasteiger partial charge < -0.3 is 10.2 Å². The fourth-order valence-corrected chi connectivity index (χ4v) is 4.34. The minimum atomic E-state index is 0.0107. The molecule has 4 rings (SSSR count). The zero-order valence-electron chi connectivity index (χ0n) is 15.4. The lowest BCUT2D eigenvalue weighted by molar-refractivity contribution is 0.0933. The summed E-state index contributed by atoms with van der Waals surface area (Å²) >= 11 is 0. The number of rotatable bonds is 3. The van der Waals surface area contributed by atoms with Crippen LogP contribution in [0, 0.1) is 0 Å². The monoisotopic (exact) mass is 349 g/mol. The Hall–Kier alpha value is -2.36. The standard InChI is InChI=1S/C22H27N3O/c1-16-15-17-9-6-7-13-20(17)25(16)21-19(12-8-14-23-21)22(26)24-18-10-4-2-3-5-11-18/h6-9,12-14,16,18H,2-5,10-11,15H2,1H3,(H,24,26). The highest BCUT2D eigenvalue weighted by Gasteiger charge is 2.31. The lowest BCUT2D eigenvalue weighted by Gasteiger charge is -2.26. The van der Waals surface area contributed by atoms with Gasteiger partial charge >= 0.3 is 0 Å². The lowest BCUT2D eigenvalue weighted by Crippen LogP contribution is -2.36. The molecule has 4 nitrogen and oxygen atoms in total. The van der Waals surface area contributed by atoms with Gasteiger partial charge in [0, 0.05) is 24.0 Å². The van der Waals surface area contributed by atoms with Gasteiger partial charge in [0.1, 0.15) is 5.82 Å². The van der Waals surface area contributed by atoms with Gasteiger partial charge in [0.15, 0.2) is 0 Å². The first kappa shape index (κ1) is 17.1. The van der Waals surface area contributed by atoms with Crippen LogP contribution < -0.4 is 10.2 Å². The maximum atomic E-state index is 13.0. The summed E-state index contributed by atoms with van der Waals surface area (Å²) in [5.41, 5.74) is 3.17. The molecular formula is C22H27N3O. The third-order valence-corrected chi connectivity index (χ3v) is 5.66. The smallest absolute Gasteiger partial charge is 0.255 e. The maximum absolute atomic E-state index is 13.0. The van der Waals surface area contributed by atoms with E-state index in [1.807, 2.05) is 12.1 Å². The average molecular weight is 349 g/mol. The van der Waals surface area contributed by atoms with Gasteiger partial charge in [0.25, 0.3) is 5.91 Å². The molecule has 4 heteroatoms. The molecule has 1 atom stereocenters. The van der Waals surface area contributed by atoms with Gasteiger partial charge in [-0.3, -0.25) is 4.79 Å². The summed E-state index contributed by atoms with van der Waals surface area (Å²) in [7, 11) is 0. The number of hydrogen-bond acceptors (Lipinski definition) is 3. The summed E-state index contributed by atoms with van der Waals surface area (Å²) < 4.78 is 0. The minimum absolute atomic E-state index is 0.0107. The first-order valence-corrected chi connectivity index (χ1v) is 9.87. The number of amides is 1. The number of aromatic nitrogens is 1. The molecule has 1 N–H and O–H groups in total. The number of benzene rings is 1. The van der Waals surface area contributed by atoms with E-state index in [-0.39, 0.29) is 5.91 Å². The summed E-state index contributed by atoms with van der Waals surface area (Å²) in [6.07, 6.45) is 9.93. The molecular weight excluding hydrogens is 322 g/mol. The summed E-state index contributed by atoms with van der Waals surface area (Å²) in [6.45, 7) is 2.20. The van der Waals surface area contributed by atoms with Crippen LogP contribution in [0.15, 0.2) is 42.6 Å². The Morgan fingerprint density at radius 2 is 1.85 bits per heavy atom. The molecule has 1 amide bonds. The normalized spacial score (nSPS) is 20.5. The van der Waals surface area contributed by atoms with E-state index in [2.05, 4.69) is 46.4 Å². The van der Waals surface area contributed by atoms with Gasteiger partial charge in [-0.25, -0.2) is 4.98 Å². The molecule has 1 saturated carbocycles. The quantitative estimate of drug-likeness (QED) is 0.823. The van der Waals surface area contributed by atoms with Crippen LogP contribution in [0.1, 0.15) is 61.4 Å². The van der Waals surface area contributed by atoms with Crippen LogP contribution in [0.2, 0.25) is 0 Å². The van der Waals surface area contributed by atoms with Gasteiger partial charge in [-0.2, -0.15) is 0 Å². The Kier molecular flexibility index (Phi) is 4.91. The molecule has 1 aromatic carbocycles. The van der Waals surface area contributed by atoms with Gasteiger partial charge in [0.2, 0.25) is 0 Å². The van der Waals surface area contributed by atoms with E-state index in [1.54, 1.807) is 6.20 Å². The van der Waals surface area contributed by atoms with E-state index >= 15 is 0 Å². The fraction of sp³-hybridized carbons (Fsp3) is 0.455. The molecule has 1 aliphatic heterocycles. The molecule has 0 radical (unpaired) electrons. The van der Waals surface area contributed by atoms with E-state index < -0.39 is 0 Å². The van der Waals surface area contributed by atoms with E-state index in [1.165, 1.54) is 36.9 Å². The molecule has 0 spiro atoms. The predicted molar refractivity (Wildman–Crippen MR) is 105 cm³/mol. The molecule has 1 unspecified atom stereocenters. The number of fused-ring (bicyclic) bond motifs is 1. The molecule has 1 fully saturated rings. The van der Waals surface area contributed by atoms with Crippen molar-refractivity contribution in [2.75, 3.05) is 4.90 Å². The number of carbonyl (C=O) groups is 1. The summed E-state index contributed by atoms with van der Waals surface area (Å²) in [5, 5.41) is 3.27. The first-order valence-electron chi connectivity index (χ1n) is 9.87. The Labute approximate surface area is 155 Å². The Morgan fingerprint density at radius 3 is 2.65 bits per heavy atom. The van der Waals surface area contributed by atoms with Crippen molar-refractivity contribution in [1.82, 2.24) is 10.3 Å². The second-order valence-corrected chi connectivity index (χ2v) is 7.59. The van der Waals surface area contributed by atoms with E-state index in [4.69, 9.17) is 0 Å². The highest BCUT2D eigenvalue weighted by molar-refractivity contribution is 6.00. The number of pyridine rings is 1. The Bertz CT molecular complexity index is 780. The number of hydrogen-bond donors (Lipinski definition) is 1. The number of anilines is 2. The number of nitrogens with zero attached hydrogens (tertiary/aromatic N) is 2. The van der Waals surface area contributed by atoms with Crippen LogP contribution in [0.5, 0.6) is 0 Å². The first-order chi connectivity index (χ1) is 12.7. The van der Waals surface area contributed by atoms with Crippen LogP contribution in [0.4, 0.5) is 11.5 Å². The highest BCUT2D eigenvalue weighted by Crippen LogP contribution is 2.38. The molecule has 0 bridgehead atoms. The van der Waals surface area contributed by atoms with Crippen molar-refractivity contribution < 1.29 is 4.79 Å². The third-order valence-electron chi connectivity index (χ3n) is 5.66. The molecule has 2 aromatic rings. The van der Waals surface area contributed by atoms with Crippen LogP contribution in [0.3, 0.4) is 0 Å². The van der Waals surface area contributed by atoms with E-state index in [0.29, 0.717) is 17.6 Å². The topological polar surface area (TPSA) is 45.2 Å². The van der Waals surface area contributed by atoms with Crippen molar-refractivity contribution in [3.05, 3.63) is 53.7 Å². The second kappa shape index (κ2) is 7.48. The van der Waals surface area contributed by atoms with Crippen LogP contribution in [-0.4, -0.2) is 23.0 Å². The number of nitrogens with one attached hydrogen (secondary N) is 1. The zero-order chi connectivity index (χ0) is 17.9. The van der Waals surface area contributed by atoms with Crippen molar-refractivity contribution >= 4 is 17.4 Å². The minimum Gasteiger partial charge on any atom is -0.349 e. The van der Waals surface area contributed by atoms with Gasteiger partial charge in [0.05, 0.1) is 5.56 Å². The summed E-state index contributed by atoms with van der Waals surface area (Å²) in [6, 6.07) is 12.8. The van der Waals surface area contributed by atoms with Crippen LogP contribution >= 0.6 is 0 Å². The Morgan fingerprint density at radius 1 is 1.08 bits per heavy atom. The van der Waals surface area contributed by atoms with E-state index in [0.717, 1.165) is 25.1 Å². The fourth-order valence-electron chi connectivity index (χ4n) is 4.34. The molecule has 1 aromatic heterocycles. The van der Waals surface area contributed by atoms with Crippen LogP contribution in [-0.2, 0) is 6.42 Å². The van der Waals surface area contributed by atoms with Crippen molar-refractivity contribution in [3.63, 3.8) is 0 Å². The SMILES string of the molecule is CC1Cc2ccccc2N1c1ncccc1C(=O)NC1CCCCCC1. The van der Waals surface area contributed by atoms with Crippen LogP contribution in [0.25, 0.3) is 0 Å². The molecule has 136 valence electrons. The molecule has 0 saturated heterocycles. The highest BCUT2D eigenvalue weighted by atomic mass is 16.1. The average Bonchev–Trinajstić information content (AvgIpc) is 2.81. The molecule has 1 aliphatic carbocycles. The summed E-state index contributed by atoms with van der Waals surface area (Å²) in [4.78, 5) is 19.9. The van der Waals surface area contributed by atoms with E-state index in [9.17, 15) is 4.79 Å². The van der Waals surface area contributed by atoms with Crippen molar-refractivity contribution in [2.45, 2.75) is 64.0 Å². The van der Waals surface area contributed by atoms with Gasteiger partial charge in [-0.1, -0.05) is 43.9 Å². The molecule has 2 aliphatic rings. The predicted octanol–water partition coefficient (Wildman–Crippen LogP) is 4.62.